The lowest BCUT2D eigenvalue weighted by atomic mass is 10.0. The van der Waals surface area contributed by atoms with E-state index >= 15 is 0 Å². The molecule has 94 valence electrons. The fraction of sp³-hybridized carbons (Fsp3) is 0.375. The second kappa shape index (κ2) is 4.29. The highest BCUT2D eigenvalue weighted by Gasteiger charge is 2.27. The summed E-state index contributed by atoms with van der Waals surface area (Å²) in [7, 11) is 0. The molecular weight excluding hydrogens is 220 g/mol. The molecule has 1 aliphatic heterocycles. The van der Waals surface area contributed by atoms with Crippen LogP contribution in [0, 0.1) is 6.92 Å². The molecule has 0 spiro atoms. The number of benzene rings is 2. The van der Waals surface area contributed by atoms with Gasteiger partial charge >= 0.3 is 0 Å². The minimum Gasteiger partial charge on any atom is -0.352 e. The quantitative estimate of drug-likeness (QED) is 0.823. The van der Waals surface area contributed by atoms with Gasteiger partial charge in [0.1, 0.15) is 0 Å². The standard InChI is InChI=1S/C16H20N2/c1-11-8-9-16(15-7-5-4-6-14(11)15)18-12(2)10-17-13(18)3/h4-9,12-13,17H,10H2,1-3H3. The second-order valence-electron chi connectivity index (χ2n) is 5.29. The number of anilines is 1. The van der Waals surface area contributed by atoms with Gasteiger partial charge in [-0.2, -0.15) is 0 Å². The summed E-state index contributed by atoms with van der Waals surface area (Å²) in [6.45, 7) is 7.76. The zero-order chi connectivity index (χ0) is 12.7. The van der Waals surface area contributed by atoms with E-state index in [0.717, 1.165) is 6.54 Å². The average Bonchev–Trinajstić information content (AvgIpc) is 2.71. The van der Waals surface area contributed by atoms with Gasteiger partial charge in [0, 0.05) is 23.7 Å². The third-order valence-electron chi connectivity index (χ3n) is 4.00. The van der Waals surface area contributed by atoms with Gasteiger partial charge in [0.15, 0.2) is 0 Å². The van der Waals surface area contributed by atoms with Crippen molar-refractivity contribution in [2.45, 2.75) is 33.0 Å². The molecule has 0 aromatic heterocycles. The number of fused-ring (bicyclic) bond motifs is 1. The van der Waals surface area contributed by atoms with E-state index in [4.69, 9.17) is 0 Å². The lowest BCUT2D eigenvalue weighted by Crippen LogP contribution is -2.35. The maximum atomic E-state index is 3.52. The first-order valence-corrected chi connectivity index (χ1v) is 6.68. The number of nitrogens with one attached hydrogen (secondary N) is 1. The molecule has 2 aromatic rings. The van der Waals surface area contributed by atoms with Gasteiger partial charge in [0.25, 0.3) is 0 Å². The third kappa shape index (κ3) is 1.68. The predicted octanol–water partition coefficient (Wildman–Crippen LogP) is 3.29. The van der Waals surface area contributed by atoms with Crippen molar-refractivity contribution in [1.82, 2.24) is 5.32 Å². The highest BCUT2D eigenvalue weighted by molar-refractivity contribution is 5.96. The Morgan fingerprint density at radius 1 is 1.06 bits per heavy atom. The summed E-state index contributed by atoms with van der Waals surface area (Å²) < 4.78 is 0. The highest BCUT2D eigenvalue weighted by Crippen LogP contribution is 2.32. The largest absolute Gasteiger partial charge is 0.352 e. The Morgan fingerprint density at radius 3 is 2.44 bits per heavy atom. The van der Waals surface area contributed by atoms with Crippen LogP contribution in [0.2, 0.25) is 0 Å². The number of nitrogens with zero attached hydrogens (tertiary/aromatic N) is 1. The predicted molar refractivity (Wildman–Crippen MR) is 78.1 cm³/mol. The van der Waals surface area contributed by atoms with Gasteiger partial charge in [-0.25, -0.2) is 0 Å². The first-order chi connectivity index (χ1) is 8.68. The van der Waals surface area contributed by atoms with Gasteiger partial charge in [0.2, 0.25) is 0 Å². The Morgan fingerprint density at radius 2 is 1.78 bits per heavy atom. The zero-order valence-electron chi connectivity index (χ0n) is 11.3. The summed E-state index contributed by atoms with van der Waals surface area (Å²) in [5, 5.41) is 6.25. The Labute approximate surface area is 109 Å². The molecular formula is C16H20N2. The highest BCUT2D eigenvalue weighted by atomic mass is 15.3. The van der Waals surface area contributed by atoms with E-state index in [-0.39, 0.29) is 0 Å². The van der Waals surface area contributed by atoms with Gasteiger partial charge in [-0.15, -0.1) is 0 Å². The maximum Gasteiger partial charge on any atom is 0.0771 e. The monoisotopic (exact) mass is 240 g/mol. The summed E-state index contributed by atoms with van der Waals surface area (Å²) in [5.41, 5.74) is 2.70. The molecule has 1 saturated heterocycles. The van der Waals surface area contributed by atoms with E-state index in [0.29, 0.717) is 12.2 Å². The fourth-order valence-corrected chi connectivity index (χ4v) is 3.02. The van der Waals surface area contributed by atoms with Gasteiger partial charge < -0.3 is 4.90 Å². The normalized spacial score (nSPS) is 23.8. The molecule has 0 radical (unpaired) electrons. The molecule has 1 N–H and O–H groups in total. The summed E-state index contributed by atoms with van der Waals surface area (Å²) in [4.78, 5) is 2.49. The molecule has 1 aliphatic rings. The van der Waals surface area contributed by atoms with Crippen molar-refractivity contribution in [1.29, 1.82) is 0 Å². The zero-order valence-corrected chi connectivity index (χ0v) is 11.3. The van der Waals surface area contributed by atoms with Crippen molar-refractivity contribution in [3.8, 4) is 0 Å². The molecule has 1 heterocycles. The SMILES string of the molecule is Cc1ccc(N2C(C)CNC2C)c2ccccc12. The van der Waals surface area contributed by atoms with Crippen LogP contribution in [0.5, 0.6) is 0 Å². The Balaban J connectivity index is 2.21. The van der Waals surface area contributed by atoms with Crippen LogP contribution in [0.15, 0.2) is 36.4 Å². The Kier molecular flexibility index (Phi) is 2.75. The molecule has 2 nitrogen and oxygen atoms in total. The number of rotatable bonds is 1. The van der Waals surface area contributed by atoms with E-state index < -0.39 is 0 Å². The van der Waals surface area contributed by atoms with Crippen molar-refractivity contribution in [2.75, 3.05) is 11.4 Å². The van der Waals surface area contributed by atoms with Crippen LogP contribution in [-0.2, 0) is 0 Å². The molecule has 0 amide bonds. The smallest absolute Gasteiger partial charge is 0.0771 e. The van der Waals surface area contributed by atoms with Crippen molar-refractivity contribution in [3.05, 3.63) is 42.0 Å². The summed E-state index contributed by atoms with van der Waals surface area (Å²) in [6.07, 6.45) is 0.408. The van der Waals surface area contributed by atoms with Crippen LogP contribution in [0.4, 0.5) is 5.69 Å². The summed E-state index contributed by atoms with van der Waals surface area (Å²) in [6, 6.07) is 13.7. The third-order valence-corrected chi connectivity index (χ3v) is 4.00. The van der Waals surface area contributed by atoms with Crippen LogP contribution in [0.3, 0.4) is 0 Å². The van der Waals surface area contributed by atoms with Crippen LogP contribution >= 0.6 is 0 Å². The Hall–Kier alpha value is -1.54. The van der Waals surface area contributed by atoms with Crippen LogP contribution in [0.1, 0.15) is 19.4 Å². The molecule has 2 heteroatoms. The van der Waals surface area contributed by atoms with E-state index in [1.807, 2.05) is 0 Å². The van der Waals surface area contributed by atoms with Gasteiger partial charge in [-0.3, -0.25) is 5.32 Å². The minimum absolute atomic E-state index is 0.408. The molecule has 3 rings (SSSR count). The molecule has 0 aliphatic carbocycles. The average molecular weight is 240 g/mol. The van der Waals surface area contributed by atoms with E-state index in [2.05, 4.69) is 67.4 Å². The molecule has 1 fully saturated rings. The maximum absolute atomic E-state index is 3.52. The van der Waals surface area contributed by atoms with Gasteiger partial charge in [0.05, 0.1) is 6.17 Å². The van der Waals surface area contributed by atoms with Crippen molar-refractivity contribution in [2.24, 2.45) is 0 Å². The first kappa shape index (κ1) is 11.5. The van der Waals surface area contributed by atoms with E-state index in [1.54, 1.807) is 0 Å². The van der Waals surface area contributed by atoms with Crippen molar-refractivity contribution >= 4 is 16.5 Å². The van der Waals surface area contributed by atoms with Gasteiger partial charge in [-0.05, 0) is 37.8 Å². The second-order valence-corrected chi connectivity index (χ2v) is 5.29. The Bertz CT molecular complexity index is 566. The molecule has 0 saturated carbocycles. The lowest BCUT2D eigenvalue weighted by molar-refractivity contribution is 0.655. The van der Waals surface area contributed by atoms with Gasteiger partial charge in [-0.1, -0.05) is 30.3 Å². The molecule has 18 heavy (non-hydrogen) atoms. The van der Waals surface area contributed by atoms with Crippen LogP contribution < -0.4 is 10.2 Å². The summed E-state index contributed by atoms with van der Waals surface area (Å²) >= 11 is 0. The number of hydrogen-bond donors (Lipinski definition) is 1. The number of aryl methyl sites for hydroxylation is 1. The molecule has 0 bridgehead atoms. The first-order valence-electron chi connectivity index (χ1n) is 6.68. The summed E-state index contributed by atoms with van der Waals surface area (Å²) in [5.74, 6) is 0. The minimum atomic E-state index is 0.408. The fourth-order valence-electron chi connectivity index (χ4n) is 3.02. The topological polar surface area (TPSA) is 15.3 Å². The molecule has 2 aromatic carbocycles. The van der Waals surface area contributed by atoms with Crippen molar-refractivity contribution < 1.29 is 0 Å². The van der Waals surface area contributed by atoms with Crippen LogP contribution in [0.25, 0.3) is 10.8 Å². The van der Waals surface area contributed by atoms with E-state index in [9.17, 15) is 0 Å². The van der Waals surface area contributed by atoms with Crippen molar-refractivity contribution in [3.63, 3.8) is 0 Å². The molecule has 2 atom stereocenters. The molecule has 2 unspecified atom stereocenters. The lowest BCUT2D eigenvalue weighted by Gasteiger charge is -2.29. The number of hydrogen-bond acceptors (Lipinski definition) is 2. The van der Waals surface area contributed by atoms with E-state index in [1.165, 1.54) is 22.0 Å². The van der Waals surface area contributed by atoms with Crippen LogP contribution in [-0.4, -0.2) is 18.8 Å².